The Morgan fingerprint density at radius 1 is 0.758 bits per heavy atom. The van der Waals surface area contributed by atoms with E-state index in [-0.39, 0.29) is 0 Å². The molecule has 1 aliphatic heterocycles. The number of halogens is 1. The molecule has 0 unspecified atom stereocenters. The summed E-state index contributed by atoms with van der Waals surface area (Å²) in [4.78, 5) is 13.7. The lowest BCUT2D eigenvalue weighted by Crippen LogP contribution is -2.45. The molecule has 3 heterocycles. The van der Waals surface area contributed by atoms with Crippen molar-refractivity contribution in [2.75, 3.05) is 33.3 Å². The van der Waals surface area contributed by atoms with Crippen LogP contribution in [0.3, 0.4) is 0 Å². The van der Waals surface area contributed by atoms with Crippen molar-refractivity contribution < 1.29 is 13.8 Å². The van der Waals surface area contributed by atoms with Gasteiger partial charge in [-0.15, -0.1) is 0 Å². The molecule has 1 saturated heterocycles. The SMILES string of the molecule is COc1ccc(-c2noc(CN3CCN(Cc4nc(-c5ccc(Cl)cc5)no4)CC3)n2)cc1. The molecule has 4 aromatic rings. The molecule has 0 atom stereocenters. The molecule has 0 bridgehead atoms. The van der Waals surface area contributed by atoms with Crippen molar-refractivity contribution in [3.63, 3.8) is 0 Å². The quantitative estimate of drug-likeness (QED) is 0.403. The third-order valence-corrected chi connectivity index (χ3v) is 5.82. The van der Waals surface area contributed by atoms with E-state index in [1.54, 1.807) is 7.11 Å². The number of ether oxygens (including phenoxy) is 1. The highest BCUT2D eigenvalue weighted by atomic mass is 35.5. The van der Waals surface area contributed by atoms with Crippen molar-refractivity contribution in [2.45, 2.75) is 13.1 Å². The Morgan fingerprint density at radius 3 is 1.67 bits per heavy atom. The van der Waals surface area contributed by atoms with Crippen LogP contribution in [0.1, 0.15) is 11.8 Å². The van der Waals surface area contributed by atoms with Crippen LogP contribution in [0.25, 0.3) is 22.8 Å². The van der Waals surface area contributed by atoms with Gasteiger partial charge in [0.15, 0.2) is 0 Å². The van der Waals surface area contributed by atoms with Crippen molar-refractivity contribution >= 4 is 11.6 Å². The number of nitrogens with zero attached hydrogens (tertiary/aromatic N) is 6. The van der Waals surface area contributed by atoms with Crippen LogP contribution in [0, 0.1) is 0 Å². The molecule has 2 aromatic carbocycles. The Labute approximate surface area is 195 Å². The second kappa shape index (κ2) is 9.70. The van der Waals surface area contributed by atoms with Crippen molar-refractivity contribution in [3.05, 3.63) is 65.3 Å². The first kappa shape index (κ1) is 21.6. The standard InChI is InChI=1S/C23H23ClN6O3/c1-31-19-8-4-17(5-9-19)23-26-21(33-28-23)15-30-12-10-29(11-13-30)14-20-25-22(27-32-20)16-2-6-18(24)7-3-16/h2-9H,10-15H2,1H3. The van der Waals surface area contributed by atoms with Crippen LogP contribution in [0.4, 0.5) is 0 Å². The second-order valence-corrected chi connectivity index (χ2v) is 8.25. The molecule has 0 aliphatic carbocycles. The number of aromatic nitrogens is 4. The predicted molar refractivity (Wildman–Crippen MR) is 122 cm³/mol. The summed E-state index contributed by atoms with van der Waals surface area (Å²) in [5, 5.41) is 8.88. The van der Waals surface area contributed by atoms with Gasteiger partial charge in [-0.05, 0) is 48.5 Å². The highest BCUT2D eigenvalue weighted by Crippen LogP contribution is 2.21. The minimum absolute atomic E-state index is 0.573. The molecular formula is C23H23ClN6O3. The molecule has 170 valence electrons. The van der Waals surface area contributed by atoms with Crippen LogP contribution in [0.2, 0.25) is 5.02 Å². The third-order valence-electron chi connectivity index (χ3n) is 5.57. The van der Waals surface area contributed by atoms with Gasteiger partial charge in [0.25, 0.3) is 0 Å². The Kier molecular flexibility index (Phi) is 6.34. The monoisotopic (exact) mass is 466 g/mol. The largest absolute Gasteiger partial charge is 0.497 e. The molecule has 0 N–H and O–H groups in total. The van der Waals surface area contributed by atoms with Gasteiger partial charge in [0, 0.05) is 42.3 Å². The molecule has 2 aromatic heterocycles. The summed E-state index contributed by atoms with van der Waals surface area (Å²) in [7, 11) is 1.64. The fraction of sp³-hybridized carbons (Fsp3) is 0.304. The van der Waals surface area contributed by atoms with E-state index >= 15 is 0 Å². The number of methoxy groups -OCH3 is 1. The summed E-state index contributed by atoms with van der Waals surface area (Å²) < 4.78 is 16.1. The number of hydrogen-bond donors (Lipinski definition) is 0. The first-order valence-corrected chi connectivity index (χ1v) is 11.0. The normalized spacial score (nSPS) is 15.1. The van der Waals surface area contributed by atoms with E-state index in [1.165, 1.54) is 0 Å². The molecule has 9 nitrogen and oxygen atoms in total. The lowest BCUT2D eigenvalue weighted by molar-refractivity contribution is 0.103. The maximum atomic E-state index is 5.94. The van der Waals surface area contributed by atoms with Crippen molar-refractivity contribution in [1.82, 2.24) is 30.1 Å². The second-order valence-electron chi connectivity index (χ2n) is 7.81. The highest BCUT2D eigenvalue weighted by molar-refractivity contribution is 6.30. The lowest BCUT2D eigenvalue weighted by Gasteiger charge is -2.32. The fourth-order valence-electron chi connectivity index (χ4n) is 3.70. The lowest BCUT2D eigenvalue weighted by atomic mass is 10.2. The minimum Gasteiger partial charge on any atom is -0.497 e. The van der Waals surface area contributed by atoms with Gasteiger partial charge in [-0.2, -0.15) is 9.97 Å². The molecule has 5 rings (SSSR count). The average Bonchev–Trinajstić information content (AvgIpc) is 3.51. The Balaban J connectivity index is 1.12. The number of piperazine rings is 1. The maximum absolute atomic E-state index is 5.94. The molecular weight excluding hydrogens is 444 g/mol. The Hall–Kier alpha value is -3.27. The van der Waals surface area contributed by atoms with Crippen LogP contribution < -0.4 is 4.74 Å². The van der Waals surface area contributed by atoms with Crippen molar-refractivity contribution in [2.24, 2.45) is 0 Å². The third kappa shape index (κ3) is 5.22. The topological polar surface area (TPSA) is 93.6 Å². The summed E-state index contributed by atoms with van der Waals surface area (Å²) in [5.41, 5.74) is 1.78. The molecule has 10 heteroatoms. The summed E-state index contributed by atoms with van der Waals surface area (Å²) in [6.45, 7) is 4.79. The first-order chi connectivity index (χ1) is 16.2. The Bertz CT molecular complexity index is 1180. The fourth-order valence-corrected chi connectivity index (χ4v) is 3.83. The minimum atomic E-state index is 0.573. The first-order valence-electron chi connectivity index (χ1n) is 10.7. The van der Waals surface area contributed by atoms with E-state index in [0.717, 1.165) is 43.1 Å². The van der Waals surface area contributed by atoms with Gasteiger partial charge in [0.2, 0.25) is 23.4 Å². The van der Waals surface area contributed by atoms with Gasteiger partial charge < -0.3 is 13.8 Å². The predicted octanol–water partition coefficient (Wildman–Crippen LogP) is 3.77. The van der Waals surface area contributed by atoms with E-state index in [1.807, 2.05) is 48.5 Å². The summed E-state index contributed by atoms with van der Waals surface area (Å²) >= 11 is 5.94. The number of rotatable bonds is 7. The summed E-state index contributed by atoms with van der Waals surface area (Å²) in [6.07, 6.45) is 0. The summed E-state index contributed by atoms with van der Waals surface area (Å²) in [6, 6.07) is 15.0. The molecule has 0 saturated carbocycles. The van der Waals surface area contributed by atoms with Gasteiger partial charge >= 0.3 is 0 Å². The summed E-state index contributed by atoms with van der Waals surface area (Å²) in [5.74, 6) is 3.17. The maximum Gasteiger partial charge on any atom is 0.241 e. The van der Waals surface area contributed by atoms with E-state index in [9.17, 15) is 0 Å². The zero-order valence-corrected chi connectivity index (χ0v) is 18.9. The molecule has 0 amide bonds. The van der Waals surface area contributed by atoms with Gasteiger partial charge in [0.1, 0.15) is 5.75 Å². The van der Waals surface area contributed by atoms with E-state index in [0.29, 0.717) is 41.5 Å². The smallest absolute Gasteiger partial charge is 0.241 e. The average molecular weight is 467 g/mol. The van der Waals surface area contributed by atoms with Crippen LogP contribution in [0.15, 0.2) is 57.6 Å². The molecule has 1 fully saturated rings. The zero-order chi connectivity index (χ0) is 22.6. The van der Waals surface area contributed by atoms with Gasteiger partial charge in [-0.1, -0.05) is 21.9 Å². The van der Waals surface area contributed by atoms with E-state index in [4.69, 9.17) is 25.4 Å². The molecule has 0 radical (unpaired) electrons. The number of benzene rings is 2. The van der Waals surface area contributed by atoms with Crippen LogP contribution in [-0.4, -0.2) is 63.4 Å². The zero-order valence-electron chi connectivity index (χ0n) is 18.1. The molecule has 1 aliphatic rings. The van der Waals surface area contributed by atoms with Crippen molar-refractivity contribution in [3.8, 4) is 28.5 Å². The van der Waals surface area contributed by atoms with E-state index in [2.05, 4.69) is 30.1 Å². The Morgan fingerprint density at radius 2 is 1.21 bits per heavy atom. The van der Waals surface area contributed by atoms with Gasteiger partial charge in [-0.25, -0.2) is 0 Å². The van der Waals surface area contributed by atoms with E-state index < -0.39 is 0 Å². The molecule has 33 heavy (non-hydrogen) atoms. The number of hydrogen-bond acceptors (Lipinski definition) is 9. The van der Waals surface area contributed by atoms with Crippen LogP contribution in [-0.2, 0) is 13.1 Å². The van der Waals surface area contributed by atoms with Crippen LogP contribution >= 0.6 is 11.6 Å². The molecule has 0 spiro atoms. The van der Waals surface area contributed by atoms with Gasteiger partial charge in [0.05, 0.1) is 20.2 Å². The van der Waals surface area contributed by atoms with Crippen molar-refractivity contribution in [1.29, 1.82) is 0 Å². The highest BCUT2D eigenvalue weighted by Gasteiger charge is 2.21. The van der Waals surface area contributed by atoms with Crippen LogP contribution in [0.5, 0.6) is 5.75 Å². The van der Waals surface area contributed by atoms with Gasteiger partial charge in [-0.3, -0.25) is 9.80 Å².